The van der Waals surface area contributed by atoms with Crippen molar-refractivity contribution in [2.75, 3.05) is 5.75 Å². The van der Waals surface area contributed by atoms with Gasteiger partial charge in [0.05, 0.1) is 17.6 Å². The maximum atomic E-state index is 13.6. The highest BCUT2D eigenvalue weighted by atomic mass is 32.2. The number of carbonyl (C=O) groups excluding carboxylic acids is 1. The summed E-state index contributed by atoms with van der Waals surface area (Å²) in [4.78, 5) is 12.1. The fourth-order valence-corrected chi connectivity index (χ4v) is 3.30. The Balaban J connectivity index is 1.64. The van der Waals surface area contributed by atoms with Crippen molar-refractivity contribution in [3.8, 4) is 11.4 Å². The Morgan fingerprint density at radius 1 is 1.37 bits per heavy atom. The Kier molecular flexibility index (Phi) is 6.08. The summed E-state index contributed by atoms with van der Waals surface area (Å²) >= 11 is 1.26. The third-order valence-electron chi connectivity index (χ3n) is 3.89. The number of thioether (sulfide) groups is 1. The van der Waals surface area contributed by atoms with E-state index in [-0.39, 0.29) is 24.0 Å². The summed E-state index contributed by atoms with van der Waals surface area (Å²) in [5.74, 6) is 1.00. The zero-order valence-corrected chi connectivity index (χ0v) is 15.6. The topological polar surface area (TPSA) is 73.0 Å². The second-order valence-corrected chi connectivity index (χ2v) is 6.70. The van der Waals surface area contributed by atoms with Crippen LogP contribution in [0, 0.1) is 12.7 Å². The van der Waals surface area contributed by atoms with Crippen LogP contribution in [-0.4, -0.2) is 26.4 Å². The first-order chi connectivity index (χ1) is 13.1. The predicted molar refractivity (Wildman–Crippen MR) is 102 cm³/mol. The molecule has 0 aliphatic carbocycles. The fourth-order valence-electron chi connectivity index (χ4n) is 2.52. The van der Waals surface area contributed by atoms with Gasteiger partial charge in [-0.05, 0) is 19.1 Å². The maximum Gasteiger partial charge on any atom is 0.230 e. The summed E-state index contributed by atoms with van der Waals surface area (Å²) in [6, 6.07) is 8.18. The molecule has 1 aromatic carbocycles. The smallest absolute Gasteiger partial charge is 0.230 e. The van der Waals surface area contributed by atoms with Gasteiger partial charge in [0.1, 0.15) is 11.6 Å². The molecular weight excluding hydrogens is 367 g/mol. The number of rotatable bonds is 8. The molecule has 8 heteroatoms. The summed E-state index contributed by atoms with van der Waals surface area (Å²) < 4.78 is 20.8. The number of hydrogen-bond donors (Lipinski definition) is 1. The van der Waals surface area contributed by atoms with Crippen LogP contribution in [0.4, 0.5) is 4.39 Å². The highest BCUT2D eigenvalue weighted by Gasteiger charge is 2.17. The molecule has 3 rings (SSSR count). The van der Waals surface area contributed by atoms with Crippen molar-refractivity contribution in [2.24, 2.45) is 0 Å². The summed E-state index contributed by atoms with van der Waals surface area (Å²) in [6.07, 6.45) is 3.34. The first kappa shape index (κ1) is 18.9. The van der Waals surface area contributed by atoms with E-state index in [9.17, 15) is 9.18 Å². The van der Waals surface area contributed by atoms with E-state index in [1.807, 2.05) is 17.6 Å². The van der Waals surface area contributed by atoms with Gasteiger partial charge in [0, 0.05) is 18.7 Å². The number of furan rings is 1. The summed E-state index contributed by atoms with van der Waals surface area (Å²) in [5, 5.41) is 11.7. The molecular formula is C19H19FN4O2S. The molecule has 2 aromatic heterocycles. The molecule has 0 saturated heterocycles. The molecule has 0 bridgehead atoms. The Bertz CT molecular complexity index is 951. The minimum Gasteiger partial charge on any atom is -0.469 e. The van der Waals surface area contributed by atoms with Crippen LogP contribution in [0.2, 0.25) is 0 Å². The molecule has 0 spiro atoms. The third kappa shape index (κ3) is 4.46. The number of allylic oxidation sites excluding steroid dienone is 1. The van der Waals surface area contributed by atoms with Crippen LogP contribution in [0.25, 0.3) is 11.4 Å². The number of benzene rings is 1. The zero-order chi connectivity index (χ0) is 19.2. The lowest BCUT2D eigenvalue weighted by Crippen LogP contribution is -2.25. The van der Waals surface area contributed by atoms with E-state index in [1.54, 1.807) is 30.5 Å². The van der Waals surface area contributed by atoms with E-state index in [0.29, 0.717) is 23.1 Å². The number of aryl methyl sites for hydroxylation is 1. The molecule has 0 atom stereocenters. The first-order valence-corrected chi connectivity index (χ1v) is 9.30. The largest absolute Gasteiger partial charge is 0.469 e. The molecule has 2 heterocycles. The van der Waals surface area contributed by atoms with E-state index in [1.165, 1.54) is 17.8 Å². The Labute approximate surface area is 160 Å². The monoisotopic (exact) mass is 386 g/mol. The highest BCUT2D eigenvalue weighted by molar-refractivity contribution is 7.99. The van der Waals surface area contributed by atoms with Crippen molar-refractivity contribution in [3.63, 3.8) is 0 Å². The van der Waals surface area contributed by atoms with Crippen LogP contribution in [0.5, 0.6) is 0 Å². The van der Waals surface area contributed by atoms with E-state index in [0.717, 1.165) is 11.3 Å². The fraction of sp³-hybridized carbons (Fsp3) is 0.211. The summed E-state index contributed by atoms with van der Waals surface area (Å²) in [6.45, 7) is 6.27. The average molecular weight is 386 g/mol. The van der Waals surface area contributed by atoms with Gasteiger partial charge in [0.2, 0.25) is 5.91 Å². The number of hydrogen-bond acceptors (Lipinski definition) is 5. The van der Waals surface area contributed by atoms with Crippen LogP contribution in [0.3, 0.4) is 0 Å². The molecule has 1 N–H and O–H groups in total. The molecule has 6 nitrogen and oxygen atoms in total. The number of nitrogens with zero attached hydrogens (tertiary/aromatic N) is 3. The first-order valence-electron chi connectivity index (χ1n) is 8.31. The van der Waals surface area contributed by atoms with Crippen LogP contribution in [0.1, 0.15) is 11.3 Å². The minimum absolute atomic E-state index is 0.144. The quantitative estimate of drug-likeness (QED) is 0.473. The van der Waals surface area contributed by atoms with Gasteiger partial charge in [-0.15, -0.1) is 16.8 Å². The van der Waals surface area contributed by atoms with Crippen molar-refractivity contribution in [2.45, 2.75) is 25.2 Å². The SMILES string of the molecule is C=CCn1c(SCC(=O)NCc2ccccc2F)nnc1-c1ccoc1C. The van der Waals surface area contributed by atoms with Gasteiger partial charge < -0.3 is 9.73 Å². The number of aromatic nitrogens is 3. The molecule has 0 fully saturated rings. The van der Waals surface area contributed by atoms with Gasteiger partial charge in [-0.3, -0.25) is 9.36 Å². The minimum atomic E-state index is -0.337. The second-order valence-electron chi connectivity index (χ2n) is 5.75. The summed E-state index contributed by atoms with van der Waals surface area (Å²) in [7, 11) is 0. The van der Waals surface area contributed by atoms with Gasteiger partial charge in [0.25, 0.3) is 0 Å². The van der Waals surface area contributed by atoms with E-state index in [2.05, 4.69) is 22.1 Å². The van der Waals surface area contributed by atoms with Crippen molar-refractivity contribution in [1.29, 1.82) is 0 Å². The zero-order valence-electron chi connectivity index (χ0n) is 14.8. The Hall–Kier alpha value is -2.87. The van der Waals surface area contributed by atoms with E-state index >= 15 is 0 Å². The molecule has 0 unspecified atom stereocenters. The van der Waals surface area contributed by atoms with Gasteiger partial charge in [0.15, 0.2) is 11.0 Å². The highest BCUT2D eigenvalue weighted by Crippen LogP contribution is 2.27. The molecule has 0 aliphatic heterocycles. The van der Waals surface area contributed by atoms with Crippen LogP contribution >= 0.6 is 11.8 Å². The van der Waals surface area contributed by atoms with Crippen LogP contribution in [0.15, 0.2) is 58.8 Å². The molecule has 3 aromatic rings. The number of carbonyl (C=O) groups is 1. The molecule has 140 valence electrons. The molecule has 1 amide bonds. The predicted octanol–water partition coefficient (Wildman–Crippen LogP) is 3.58. The Morgan fingerprint density at radius 2 is 2.19 bits per heavy atom. The molecule has 0 radical (unpaired) electrons. The van der Waals surface area contributed by atoms with Crippen LogP contribution < -0.4 is 5.32 Å². The Morgan fingerprint density at radius 3 is 2.89 bits per heavy atom. The third-order valence-corrected chi connectivity index (χ3v) is 4.86. The molecule has 27 heavy (non-hydrogen) atoms. The van der Waals surface area contributed by atoms with Gasteiger partial charge in [-0.25, -0.2) is 4.39 Å². The summed E-state index contributed by atoms with van der Waals surface area (Å²) in [5.41, 5.74) is 1.29. The maximum absolute atomic E-state index is 13.6. The van der Waals surface area contributed by atoms with Gasteiger partial charge >= 0.3 is 0 Å². The van der Waals surface area contributed by atoms with Gasteiger partial charge in [-0.1, -0.05) is 36.0 Å². The van der Waals surface area contributed by atoms with E-state index < -0.39 is 0 Å². The molecule has 0 saturated carbocycles. The van der Waals surface area contributed by atoms with Crippen molar-refractivity contribution < 1.29 is 13.6 Å². The lowest BCUT2D eigenvalue weighted by Gasteiger charge is -2.08. The second kappa shape index (κ2) is 8.68. The van der Waals surface area contributed by atoms with E-state index in [4.69, 9.17) is 4.42 Å². The van der Waals surface area contributed by atoms with Crippen molar-refractivity contribution >= 4 is 17.7 Å². The lowest BCUT2D eigenvalue weighted by atomic mass is 10.2. The number of halogens is 1. The average Bonchev–Trinajstić information content (AvgIpc) is 3.25. The molecule has 0 aliphatic rings. The van der Waals surface area contributed by atoms with Crippen molar-refractivity contribution in [1.82, 2.24) is 20.1 Å². The normalized spacial score (nSPS) is 10.7. The number of nitrogens with one attached hydrogen (secondary N) is 1. The standard InChI is InChI=1S/C19H19FN4O2S/c1-3-9-24-18(15-8-10-26-13(15)2)22-23-19(24)27-12-17(25)21-11-14-6-4-5-7-16(14)20/h3-8,10H,1,9,11-12H2,2H3,(H,21,25). The van der Waals surface area contributed by atoms with Crippen LogP contribution in [-0.2, 0) is 17.9 Å². The van der Waals surface area contributed by atoms with Crippen molar-refractivity contribution in [3.05, 3.63) is 66.4 Å². The lowest BCUT2D eigenvalue weighted by molar-refractivity contribution is -0.118. The van der Waals surface area contributed by atoms with Gasteiger partial charge in [-0.2, -0.15) is 0 Å². The number of amides is 1.